The molecule has 1 atom stereocenters. The molecule has 0 unspecified atom stereocenters. The summed E-state index contributed by atoms with van der Waals surface area (Å²) in [6.45, 7) is 8.34. The van der Waals surface area contributed by atoms with Gasteiger partial charge in [-0.3, -0.25) is 9.88 Å². The molecule has 0 bridgehead atoms. The van der Waals surface area contributed by atoms with Crippen LogP contribution in [0.25, 0.3) is 11.6 Å². The third-order valence-electron chi connectivity index (χ3n) is 6.73. The third-order valence-corrected chi connectivity index (χ3v) is 6.97. The third kappa shape index (κ3) is 5.04. The van der Waals surface area contributed by atoms with Crippen LogP contribution in [0, 0.1) is 0 Å². The molecule has 3 heterocycles. The molecule has 7 nitrogen and oxygen atoms in total. The number of hydrogen-bond donors (Lipinski definition) is 0. The van der Waals surface area contributed by atoms with E-state index in [1.165, 1.54) is 11.1 Å². The van der Waals surface area contributed by atoms with E-state index in [4.69, 9.17) is 21.3 Å². The van der Waals surface area contributed by atoms with Gasteiger partial charge < -0.3 is 14.2 Å². The van der Waals surface area contributed by atoms with Crippen molar-refractivity contribution in [2.75, 3.05) is 26.2 Å². The number of allylic oxidation sites excluding steroid dienone is 1. The SMILES string of the molecule is Cn1cncc1CC1=Cc2cccnc2[C@@H](N2CCN(C(=O)OC(C)(C)C)CC2)c2ccc(Cl)cc21. The van der Waals surface area contributed by atoms with Gasteiger partial charge >= 0.3 is 6.09 Å². The summed E-state index contributed by atoms with van der Waals surface area (Å²) in [5.41, 5.74) is 6.22. The van der Waals surface area contributed by atoms with Crippen LogP contribution in [0.15, 0.2) is 49.1 Å². The molecule has 0 spiro atoms. The lowest BCUT2D eigenvalue weighted by molar-refractivity contribution is 0.0118. The quantitative estimate of drug-likeness (QED) is 0.489. The Hall–Kier alpha value is -3.16. The number of rotatable bonds is 3. The van der Waals surface area contributed by atoms with Crippen LogP contribution in [0.1, 0.15) is 54.9 Å². The Balaban J connectivity index is 1.50. The Bertz CT molecular complexity index is 1300. The second-order valence-corrected chi connectivity index (χ2v) is 10.9. The molecule has 5 rings (SSSR count). The van der Waals surface area contributed by atoms with Gasteiger partial charge in [0.05, 0.1) is 18.1 Å². The number of hydrogen-bond acceptors (Lipinski definition) is 5. The number of amides is 1. The normalized spacial score (nSPS) is 18.2. The molecule has 2 aliphatic rings. The summed E-state index contributed by atoms with van der Waals surface area (Å²) in [7, 11) is 2.01. The molecule has 0 N–H and O–H groups in total. The predicted octanol–water partition coefficient (Wildman–Crippen LogP) is 5.21. The minimum atomic E-state index is -0.507. The van der Waals surface area contributed by atoms with Crippen molar-refractivity contribution in [2.45, 2.75) is 38.8 Å². The van der Waals surface area contributed by atoms with Crippen LogP contribution < -0.4 is 0 Å². The van der Waals surface area contributed by atoms with Crippen LogP contribution in [0.3, 0.4) is 0 Å². The Labute approximate surface area is 217 Å². The molecule has 1 amide bonds. The van der Waals surface area contributed by atoms with Crippen molar-refractivity contribution in [1.29, 1.82) is 0 Å². The summed E-state index contributed by atoms with van der Waals surface area (Å²) in [6, 6.07) is 10.2. The summed E-state index contributed by atoms with van der Waals surface area (Å²) < 4.78 is 7.65. The molecule has 2 aromatic heterocycles. The van der Waals surface area contributed by atoms with Gasteiger partial charge in [0, 0.05) is 62.8 Å². The molecule has 0 radical (unpaired) electrons. The number of piperazine rings is 1. The zero-order valence-corrected chi connectivity index (χ0v) is 22.0. The van der Waals surface area contributed by atoms with E-state index in [1.54, 1.807) is 4.90 Å². The van der Waals surface area contributed by atoms with Gasteiger partial charge in [-0.05, 0) is 67.3 Å². The molecule has 1 saturated heterocycles. The maximum Gasteiger partial charge on any atom is 0.410 e. The first-order chi connectivity index (χ1) is 17.2. The predicted molar refractivity (Wildman–Crippen MR) is 142 cm³/mol. The van der Waals surface area contributed by atoms with E-state index in [0.29, 0.717) is 18.1 Å². The van der Waals surface area contributed by atoms with Gasteiger partial charge in [-0.1, -0.05) is 23.7 Å². The van der Waals surface area contributed by atoms with Gasteiger partial charge in [-0.15, -0.1) is 0 Å². The lowest BCUT2D eigenvalue weighted by Crippen LogP contribution is -2.51. The summed E-state index contributed by atoms with van der Waals surface area (Å²) in [5, 5.41) is 0.706. The fraction of sp³-hybridized carbons (Fsp3) is 0.393. The van der Waals surface area contributed by atoms with E-state index in [0.717, 1.165) is 42.0 Å². The minimum absolute atomic E-state index is 0.0467. The van der Waals surface area contributed by atoms with Crippen molar-refractivity contribution in [1.82, 2.24) is 24.3 Å². The minimum Gasteiger partial charge on any atom is -0.444 e. The number of imidazole rings is 1. The average Bonchev–Trinajstić information content (AvgIpc) is 3.18. The Morgan fingerprint density at radius 3 is 2.64 bits per heavy atom. The molecule has 1 aliphatic carbocycles. The van der Waals surface area contributed by atoms with Gasteiger partial charge in [-0.25, -0.2) is 9.78 Å². The van der Waals surface area contributed by atoms with Crippen molar-refractivity contribution in [3.63, 3.8) is 0 Å². The Morgan fingerprint density at radius 1 is 1.17 bits per heavy atom. The van der Waals surface area contributed by atoms with Gasteiger partial charge in [0.25, 0.3) is 0 Å². The number of aryl methyl sites for hydroxylation is 1. The first-order valence-corrected chi connectivity index (χ1v) is 12.7. The van der Waals surface area contributed by atoms with E-state index in [2.05, 4.69) is 34.2 Å². The Morgan fingerprint density at radius 2 is 1.94 bits per heavy atom. The summed E-state index contributed by atoms with van der Waals surface area (Å²) in [5.74, 6) is 0. The molecule has 0 saturated carbocycles. The highest BCUT2D eigenvalue weighted by Crippen LogP contribution is 2.41. The smallest absolute Gasteiger partial charge is 0.410 e. The fourth-order valence-corrected chi connectivity index (χ4v) is 5.17. The summed E-state index contributed by atoms with van der Waals surface area (Å²) >= 11 is 6.53. The fourth-order valence-electron chi connectivity index (χ4n) is 4.99. The molecule has 8 heteroatoms. The van der Waals surface area contributed by atoms with Gasteiger partial charge in [0.15, 0.2) is 0 Å². The van der Waals surface area contributed by atoms with Crippen molar-refractivity contribution in [3.8, 4) is 0 Å². The Kier molecular flexibility index (Phi) is 6.62. The highest BCUT2D eigenvalue weighted by Gasteiger charge is 2.34. The maximum atomic E-state index is 12.7. The zero-order valence-electron chi connectivity index (χ0n) is 21.2. The summed E-state index contributed by atoms with van der Waals surface area (Å²) in [4.78, 5) is 26.0. The number of carbonyl (C=O) groups is 1. The number of carbonyl (C=O) groups excluding carboxylic acids is 1. The number of fused-ring (bicyclic) bond motifs is 2. The number of benzene rings is 1. The van der Waals surface area contributed by atoms with E-state index < -0.39 is 5.60 Å². The number of aromatic nitrogens is 3. The average molecular weight is 506 g/mol. The summed E-state index contributed by atoms with van der Waals surface area (Å²) in [6.07, 6.45) is 8.31. The highest BCUT2D eigenvalue weighted by molar-refractivity contribution is 6.30. The van der Waals surface area contributed by atoms with Crippen LogP contribution in [-0.2, 0) is 18.2 Å². The van der Waals surface area contributed by atoms with Crippen molar-refractivity contribution in [3.05, 3.63) is 82.2 Å². The molecule has 1 fully saturated rings. The van der Waals surface area contributed by atoms with Crippen LogP contribution >= 0.6 is 11.6 Å². The molecular formula is C28H32ClN5O2. The van der Waals surface area contributed by atoms with Crippen molar-refractivity contribution < 1.29 is 9.53 Å². The van der Waals surface area contributed by atoms with Crippen molar-refractivity contribution >= 4 is 29.3 Å². The number of ether oxygens (including phenoxy) is 1. The number of pyridine rings is 1. The highest BCUT2D eigenvalue weighted by atomic mass is 35.5. The van der Waals surface area contributed by atoms with E-state index in [9.17, 15) is 4.79 Å². The van der Waals surface area contributed by atoms with Crippen LogP contribution in [-0.4, -0.2) is 62.2 Å². The second kappa shape index (κ2) is 9.71. The van der Waals surface area contributed by atoms with E-state index >= 15 is 0 Å². The first kappa shape index (κ1) is 24.5. The lowest BCUT2D eigenvalue weighted by atomic mass is 9.92. The molecule has 3 aromatic rings. The lowest BCUT2D eigenvalue weighted by Gasteiger charge is -2.40. The molecule has 1 aromatic carbocycles. The van der Waals surface area contributed by atoms with Gasteiger partial charge in [0.1, 0.15) is 5.60 Å². The number of nitrogens with zero attached hydrogens (tertiary/aromatic N) is 5. The van der Waals surface area contributed by atoms with Crippen molar-refractivity contribution in [2.24, 2.45) is 7.05 Å². The molecule has 36 heavy (non-hydrogen) atoms. The first-order valence-electron chi connectivity index (χ1n) is 12.3. The second-order valence-electron chi connectivity index (χ2n) is 10.5. The standard InChI is InChI=1S/C28H32ClN5O2/c1-28(2,3)36-27(35)34-12-10-33(11-13-34)26-23-8-7-21(29)16-24(23)20(15-22-17-30-18-32(22)4)14-19-6-5-9-31-25(19)26/h5-9,14,16-18,26H,10-13,15H2,1-4H3/t26-/m0/s1. The maximum absolute atomic E-state index is 12.7. The van der Waals surface area contributed by atoms with Crippen LogP contribution in [0.5, 0.6) is 0 Å². The van der Waals surface area contributed by atoms with E-state index in [1.807, 2.05) is 63.2 Å². The van der Waals surface area contributed by atoms with Crippen LogP contribution in [0.4, 0.5) is 4.79 Å². The van der Waals surface area contributed by atoms with Gasteiger partial charge in [-0.2, -0.15) is 0 Å². The zero-order chi connectivity index (χ0) is 25.4. The van der Waals surface area contributed by atoms with E-state index in [-0.39, 0.29) is 12.1 Å². The monoisotopic (exact) mass is 505 g/mol. The number of halogens is 1. The van der Waals surface area contributed by atoms with Gasteiger partial charge in [0.2, 0.25) is 0 Å². The largest absolute Gasteiger partial charge is 0.444 e. The molecule has 1 aliphatic heterocycles. The van der Waals surface area contributed by atoms with Crippen LogP contribution in [0.2, 0.25) is 5.02 Å². The molecular weight excluding hydrogens is 474 g/mol. The topological polar surface area (TPSA) is 63.5 Å². The molecule has 188 valence electrons.